The van der Waals surface area contributed by atoms with Crippen LogP contribution < -0.4 is 0 Å². The van der Waals surface area contributed by atoms with Crippen LogP contribution >= 0.6 is 0 Å². The van der Waals surface area contributed by atoms with Gasteiger partial charge >= 0.3 is 0 Å². The van der Waals surface area contributed by atoms with Crippen LogP contribution in [0, 0.1) is 6.92 Å². The molecule has 1 rings (SSSR count). The fourth-order valence-corrected chi connectivity index (χ4v) is 1.35. The summed E-state index contributed by atoms with van der Waals surface area (Å²) in [5.74, 6) is 0.331. The molecule has 0 unspecified atom stereocenters. The Labute approximate surface area is 78.2 Å². The van der Waals surface area contributed by atoms with Crippen molar-refractivity contribution in [3.8, 4) is 5.75 Å². The molecule has 0 fully saturated rings. The summed E-state index contributed by atoms with van der Waals surface area (Å²) in [6.07, 6.45) is 2.31. The van der Waals surface area contributed by atoms with Gasteiger partial charge in [0.1, 0.15) is 5.75 Å². The summed E-state index contributed by atoms with van der Waals surface area (Å²) in [6.45, 7) is 1.64. The van der Waals surface area contributed by atoms with E-state index in [1.807, 2.05) is 19.1 Å². The Morgan fingerprint density at radius 2 is 2.08 bits per heavy atom. The van der Waals surface area contributed by atoms with E-state index in [0.29, 0.717) is 12.2 Å². The average molecular weight is 182 g/mol. The summed E-state index contributed by atoms with van der Waals surface area (Å²) in [7, 11) is 0. The van der Waals surface area contributed by atoms with Crippen LogP contribution in [-0.2, 0) is 6.42 Å². The molecule has 1 N–H and O–H groups in total. The van der Waals surface area contributed by atoms with Gasteiger partial charge in [-0.1, -0.05) is 12.1 Å². The van der Waals surface area contributed by atoms with E-state index in [1.165, 1.54) is 0 Å². The maximum Gasteiger partial charge on any atom is 0.118 e. The standard InChI is InChI=1S/C11H15FO/c1-9-10(5-2-3-8-12)6-4-7-11(9)13/h4,6-7,13H,2-3,5,8H2,1H3. The van der Waals surface area contributed by atoms with Crippen LogP contribution in [0.25, 0.3) is 0 Å². The van der Waals surface area contributed by atoms with Crippen molar-refractivity contribution in [2.45, 2.75) is 26.2 Å². The van der Waals surface area contributed by atoms with Crippen molar-refractivity contribution in [2.24, 2.45) is 0 Å². The van der Waals surface area contributed by atoms with E-state index in [-0.39, 0.29) is 6.67 Å². The van der Waals surface area contributed by atoms with Crippen molar-refractivity contribution in [3.05, 3.63) is 29.3 Å². The van der Waals surface area contributed by atoms with Crippen molar-refractivity contribution in [2.75, 3.05) is 6.67 Å². The van der Waals surface area contributed by atoms with E-state index in [9.17, 15) is 9.50 Å². The number of alkyl halides is 1. The number of rotatable bonds is 4. The zero-order chi connectivity index (χ0) is 9.68. The summed E-state index contributed by atoms with van der Waals surface area (Å²) < 4.78 is 11.8. The van der Waals surface area contributed by atoms with Crippen LogP contribution in [-0.4, -0.2) is 11.8 Å². The van der Waals surface area contributed by atoms with Crippen molar-refractivity contribution in [3.63, 3.8) is 0 Å². The molecule has 1 nitrogen and oxygen atoms in total. The first kappa shape index (κ1) is 10.0. The van der Waals surface area contributed by atoms with E-state index in [0.717, 1.165) is 24.0 Å². The van der Waals surface area contributed by atoms with Gasteiger partial charge in [-0.05, 0) is 43.4 Å². The van der Waals surface area contributed by atoms with E-state index in [1.54, 1.807) is 6.07 Å². The lowest BCUT2D eigenvalue weighted by Crippen LogP contribution is -1.90. The predicted octanol–water partition coefficient (Wildman–Crippen LogP) is 2.99. The number of aryl methyl sites for hydroxylation is 1. The highest BCUT2D eigenvalue weighted by Crippen LogP contribution is 2.20. The van der Waals surface area contributed by atoms with Crippen LogP contribution in [0.15, 0.2) is 18.2 Å². The lowest BCUT2D eigenvalue weighted by Gasteiger charge is -2.06. The molecule has 0 aliphatic carbocycles. The maximum atomic E-state index is 11.8. The molecule has 0 saturated carbocycles. The molecule has 0 radical (unpaired) electrons. The fourth-order valence-electron chi connectivity index (χ4n) is 1.35. The van der Waals surface area contributed by atoms with Gasteiger partial charge in [0.15, 0.2) is 0 Å². The second-order valence-electron chi connectivity index (χ2n) is 3.21. The molecule has 0 atom stereocenters. The molecule has 0 spiro atoms. The molecule has 13 heavy (non-hydrogen) atoms. The molecule has 0 saturated heterocycles. The van der Waals surface area contributed by atoms with Gasteiger partial charge in [0.2, 0.25) is 0 Å². The molecular formula is C11H15FO. The van der Waals surface area contributed by atoms with Gasteiger partial charge in [-0.15, -0.1) is 0 Å². The van der Waals surface area contributed by atoms with E-state index < -0.39 is 0 Å². The minimum Gasteiger partial charge on any atom is -0.508 e. The maximum absolute atomic E-state index is 11.8. The van der Waals surface area contributed by atoms with Crippen LogP contribution in [0.3, 0.4) is 0 Å². The summed E-state index contributed by atoms with van der Waals surface area (Å²) >= 11 is 0. The molecule has 0 aliphatic rings. The third kappa shape index (κ3) is 2.72. The quantitative estimate of drug-likeness (QED) is 0.710. The Morgan fingerprint density at radius 1 is 1.31 bits per heavy atom. The molecule has 1 aromatic carbocycles. The Hall–Kier alpha value is -1.05. The topological polar surface area (TPSA) is 20.2 Å². The van der Waals surface area contributed by atoms with Gasteiger partial charge < -0.3 is 5.11 Å². The van der Waals surface area contributed by atoms with Gasteiger partial charge in [-0.2, -0.15) is 0 Å². The van der Waals surface area contributed by atoms with Crippen molar-refractivity contribution in [1.29, 1.82) is 0 Å². The molecule has 0 bridgehead atoms. The average Bonchev–Trinajstić information content (AvgIpc) is 2.13. The Kier molecular flexibility index (Phi) is 3.74. The van der Waals surface area contributed by atoms with Gasteiger partial charge in [0, 0.05) is 0 Å². The molecule has 0 aromatic heterocycles. The van der Waals surface area contributed by atoms with Crippen LogP contribution in [0.1, 0.15) is 24.0 Å². The third-order valence-corrected chi connectivity index (χ3v) is 2.25. The lowest BCUT2D eigenvalue weighted by molar-refractivity contribution is 0.459. The van der Waals surface area contributed by atoms with Crippen molar-refractivity contribution >= 4 is 0 Å². The monoisotopic (exact) mass is 182 g/mol. The zero-order valence-electron chi connectivity index (χ0n) is 7.89. The van der Waals surface area contributed by atoms with Gasteiger partial charge in [-0.3, -0.25) is 4.39 Å². The first-order valence-electron chi connectivity index (χ1n) is 4.59. The first-order chi connectivity index (χ1) is 6.25. The molecule has 0 amide bonds. The number of hydrogen-bond donors (Lipinski definition) is 1. The smallest absolute Gasteiger partial charge is 0.118 e. The second kappa shape index (κ2) is 4.85. The summed E-state index contributed by atoms with van der Waals surface area (Å²) in [5, 5.41) is 9.38. The minimum atomic E-state index is -0.252. The molecule has 0 heterocycles. The number of halogens is 1. The summed E-state index contributed by atoms with van der Waals surface area (Å²) in [5.41, 5.74) is 2.04. The van der Waals surface area contributed by atoms with E-state index in [2.05, 4.69) is 0 Å². The summed E-state index contributed by atoms with van der Waals surface area (Å²) in [4.78, 5) is 0. The van der Waals surface area contributed by atoms with Gasteiger partial charge in [0.25, 0.3) is 0 Å². The largest absolute Gasteiger partial charge is 0.508 e. The Bertz CT molecular complexity index is 271. The minimum absolute atomic E-state index is 0.252. The number of phenols is 1. The van der Waals surface area contributed by atoms with Gasteiger partial charge in [0.05, 0.1) is 6.67 Å². The molecule has 72 valence electrons. The zero-order valence-corrected chi connectivity index (χ0v) is 7.89. The Morgan fingerprint density at radius 3 is 2.77 bits per heavy atom. The molecule has 1 aromatic rings. The van der Waals surface area contributed by atoms with Gasteiger partial charge in [-0.25, -0.2) is 0 Å². The molecule has 0 aliphatic heterocycles. The van der Waals surface area contributed by atoms with Crippen molar-refractivity contribution in [1.82, 2.24) is 0 Å². The highest BCUT2D eigenvalue weighted by molar-refractivity contribution is 5.37. The molecular weight excluding hydrogens is 167 g/mol. The fraction of sp³-hybridized carbons (Fsp3) is 0.455. The summed E-state index contributed by atoms with van der Waals surface area (Å²) in [6, 6.07) is 5.48. The number of aromatic hydroxyl groups is 1. The number of benzene rings is 1. The number of hydrogen-bond acceptors (Lipinski definition) is 1. The SMILES string of the molecule is Cc1c(O)cccc1CCCCF. The van der Waals surface area contributed by atoms with Crippen molar-refractivity contribution < 1.29 is 9.50 Å². The highest BCUT2D eigenvalue weighted by atomic mass is 19.1. The van der Waals surface area contributed by atoms with Crippen LogP contribution in [0.5, 0.6) is 5.75 Å². The predicted molar refractivity (Wildman–Crippen MR) is 51.8 cm³/mol. The normalized spacial score (nSPS) is 10.3. The second-order valence-corrected chi connectivity index (χ2v) is 3.21. The van der Waals surface area contributed by atoms with Crippen LogP contribution in [0.4, 0.5) is 4.39 Å². The number of phenolic OH excluding ortho intramolecular Hbond substituents is 1. The van der Waals surface area contributed by atoms with E-state index >= 15 is 0 Å². The lowest BCUT2D eigenvalue weighted by atomic mass is 10.0. The van der Waals surface area contributed by atoms with E-state index in [4.69, 9.17) is 0 Å². The first-order valence-corrected chi connectivity index (χ1v) is 4.59. The number of unbranched alkanes of at least 4 members (excludes halogenated alkanes) is 1. The third-order valence-electron chi connectivity index (χ3n) is 2.25. The highest BCUT2D eigenvalue weighted by Gasteiger charge is 2.01. The Balaban J connectivity index is 2.61. The molecule has 2 heteroatoms. The van der Waals surface area contributed by atoms with Crippen LogP contribution in [0.2, 0.25) is 0 Å².